The van der Waals surface area contributed by atoms with E-state index in [1.54, 1.807) is 19.2 Å². The summed E-state index contributed by atoms with van der Waals surface area (Å²) in [7, 11) is 1.54. The van der Waals surface area contributed by atoms with Gasteiger partial charge in [-0.05, 0) is 12.1 Å². The summed E-state index contributed by atoms with van der Waals surface area (Å²) in [6, 6.07) is 3.28. The second kappa shape index (κ2) is 5.71. The molecule has 94 valence electrons. The zero-order valence-electron chi connectivity index (χ0n) is 9.75. The van der Waals surface area contributed by atoms with Crippen LogP contribution in [0, 0.1) is 0 Å². The van der Waals surface area contributed by atoms with Crippen molar-refractivity contribution in [3.8, 4) is 0 Å². The Morgan fingerprint density at radius 1 is 1.39 bits per heavy atom. The van der Waals surface area contributed by atoms with Gasteiger partial charge in [0.1, 0.15) is 5.82 Å². The van der Waals surface area contributed by atoms with E-state index in [9.17, 15) is 4.79 Å². The van der Waals surface area contributed by atoms with Crippen LogP contribution in [0.1, 0.15) is 16.4 Å². The summed E-state index contributed by atoms with van der Waals surface area (Å²) < 4.78 is 4.85. The Kier molecular flexibility index (Phi) is 3.79. The molecular weight excluding hydrogens is 236 g/mol. The van der Waals surface area contributed by atoms with E-state index < -0.39 is 0 Å². The van der Waals surface area contributed by atoms with Crippen molar-refractivity contribution in [3.63, 3.8) is 0 Å². The van der Waals surface area contributed by atoms with Gasteiger partial charge < -0.3 is 15.2 Å². The number of rotatable bonds is 5. The summed E-state index contributed by atoms with van der Waals surface area (Å²) in [5, 5.41) is 16.7. The highest BCUT2D eigenvalue weighted by molar-refractivity contribution is 5.91. The first-order chi connectivity index (χ1) is 8.79. The molecule has 0 aliphatic rings. The van der Waals surface area contributed by atoms with Crippen molar-refractivity contribution < 1.29 is 9.32 Å². The van der Waals surface area contributed by atoms with Gasteiger partial charge in [-0.25, -0.2) is 0 Å². The van der Waals surface area contributed by atoms with Gasteiger partial charge in [-0.3, -0.25) is 4.79 Å². The van der Waals surface area contributed by atoms with Crippen LogP contribution in [-0.4, -0.2) is 39.8 Å². The third-order valence-electron chi connectivity index (χ3n) is 2.18. The van der Waals surface area contributed by atoms with Gasteiger partial charge in [-0.1, -0.05) is 5.16 Å². The normalized spacial score (nSPS) is 10.1. The van der Waals surface area contributed by atoms with Crippen molar-refractivity contribution >= 4 is 11.7 Å². The molecule has 0 atom stereocenters. The molecule has 2 aromatic heterocycles. The molecule has 0 bridgehead atoms. The Morgan fingerprint density at radius 2 is 2.28 bits per heavy atom. The summed E-state index contributed by atoms with van der Waals surface area (Å²) in [6.45, 7) is 0.593. The zero-order chi connectivity index (χ0) is 12.8. The molecule has 1 amide bonds. The summed E-state index contributed by atoms with van der Waals surface area (Å²) in [6.07, 6.45) is 1.95. The van der Waals surface area contributed by atoms with Crippen LogP contribution in [0.5, 0.6) is 0 Å². The first kappa shape index (κ1) is 12.0. The van der Waals surface area contributed by atoms with E-state index in [1.165, 1.54) is 6.33 Å². The molecule has 0 aromatic carbocycles. The Hall–Kier alpha value is -2.51. The van der Waals surface area contributed by atoms with Crippen LogP contribution in [0.3, 0.4) is 0 Å². The van der Waals surface area contributed by atoms with Crippen LogP contribution in [0.15, 0.2) is 23.0 Å². The lowest BCUT2D eigenvalue weighted by Crippen LogP contribution is -2.20. The molecule has 0 unspecified atom stereocenters. The number of carbonyl (C=O) groups excluding carboxylic acids is 1. The molecule has 0 saturated carbocycles. The van der Waals surface area contributed by atoms with Crippen LogP contribution in [0.2, 0.25) is 0 Å². The molecule has 2 rings (SSSR count). The summed E-state index contributed by atoms with van der Waals surface area (Å²) >= 11 is 0. The lowest BCUT2D eigenvalue weighted by atomic mass is 10.3. The zero-order valence-corrected chi connectivity index (χ0v) is 9.75. The average Bonchev–Trinajstić information content (AvgIpc) is 2.92. The van der Waals surface area contributed by atoms with Crippen LogP contribution >= 0.6 is 0 Å². The Balaban J connectivity index is 1.85. The van der Waals surface area contributed by atoms with Gasteiger partial charge in [0.25, 0.3) is 5.91 Å². The van der Waals surface area contributed by atoms with Gasteiger partial charge in [0, 0.05) is 20.0 Å². The molecule has 2 heterocycles. The quantitative estimate of drug-likeness (QED) is 0.759. The van der Waals surface area contributed by atoms with E-state index >= 15 is 0 Å². The molecule has 0 spiro atoms. The number of hydrogen-bond donors (Lipinski definition) is 2. The fraction of sp³-hybridized carbons (Fsp3) is 0.300. The third-order valence-corrected chi connectivity index (χ3v) is 2.18. The van der Waals surface area contributed by atoms with E-state index in [4.69, 9.17) is 4.52 Å². The molecule has 0 fully saturated rings. The molecule has 8 heteroatoms. The molecule has 0 aliphatic carbocycles. The highest BCUT2D eigenvalue weighted by Gasteiger charge is 2.05. The first-order valence-corrected chi connectivity index (χ1v) is 5.35. The topological polar surface area (TPSA) is 106 Å². The molecule has 18 heavy (non-hydrogen) atoms. The number of nitrogens with zero attached hydrogens (tertiary/aromatic N) is 4. The minimum absolute atomic E-state index is 0.264. The van der Waals surface area contributed by atoms with E-state index in [1.807, 2.05) is 0 Å². The van der Waals surface area contributed by atoms with Crippen molar-refractivity contribution in [2.75, 3.05) is 18.9 Å². The van der Waals surface area contributed by atoms with Crippen LogP contribution in [-0.2, 0) is 6.42 Å². The van der Waals surface area contributed by atoms with Crippen LogP contribution < -0.4 is 10.6 Å². The van der Waals surface area contributed by atoms with Crippen LogP contribution in [0.4, 0.5) is 5.82 Å². The lowest BCUT2D eigenvalue weighted by molar-refractivity contribution is 0.0957. The van der Waals surface area contributed by atoms with Crippen molar-refractivity contribution in [3.05, 3.63) is 30.0 Å². The van der Waals surface area contributed by atoms with Crippen molar-refractivity contribution in [2.45, 2.75) is 6.42 Å². The summed E-state index contributed by atoms with van der Waals surface area (Å²) in [5.41, 5.74) is 0.278. The number of aromatic nitrogens is 4. The molecule has 2 aromatic rings. The molecular formula is C10H12N6O2. The number of amides is 1. The maximum atomic E-state index is 11.2. The van der Waals surface area contributed by atoms with E-state index in [2.05, 4.69) is 31.0 Å². The maximum Gasteiger partial charge on any atom is 0.271 e. The second-order valence-electron chi connectivity index (χ2n) is 3.39. The highest BCUT2D eigenvalue weighted by Crippen LogP contribution is 2.02. The maximum absolute atomic E-state index is 11.2. The Labute approximate surface area is 103 Å². The third kappa shape index (κ3) is 3.00. The minimum atomic E-state index is -0.264. The van der Waals surface area contributed by atoms with Gasteiger partial charge in [0.2, 0.25) is 5.89 Å². The molecule has 0 aliphatic heterocycles. The standard InChI is InChI=1S/C10H12N6O2/c1-11-10(17)7-2-3-8(16-15-7)12-5-4-9-13-6-14-18-9/h2-3,6H,4-5H2,1H3,(H,11,17)(H,12,16). The molecule has 0 radical (unpaired) electrons. The predicted octanol–water partition coefficient (Wildman–Crippen LogP) is -0.126. The predicted molar refractivity (Wildman–Crippen MR) is 61.9 cm³/mol. The lowest BCUT2D eigenvalue weighted by Gasteiger charge is -2.03. The van der Waals surface area contributed by atoms with Gasteiger partial charge >= 0.3 is 0 Å². The number of carbonyl (C=O) groups is 1. The van der Waals surface area contributed by atoms with E-state index in [0.717, 1.165) is 0 Å². The number of hydrogen-bond acceptors (Lipinski definition) is 7. The van der Waals surface area contributed by atoms with Crippen LogP contribution in [0.25, 0.3) is 0 Å². The summed E-state index contributed by atoms with van der Waals surface area (Å²) in [5.74, 6) is 0.875. The van der Waals surface area contributed by atoms with E-state index in [-0.39, 0.29) is 11.6 Å². The Morgan fingerprint density at radius 3 is 2.89 bits per heavy atom. The fourth-order valence-electron chi connectivity index (χ4n) is 1.28. The number of anilines is 1. The molecule has 8 nitrogen and oxygen atoms in total. The first-order valence-electron chi connectivity index (χ1n) is 5.35. The van der Waals surface area contributed by atoms with Gasteiger partial charge in [0.05, 0.1) is 0 Å². The van der Waals surface area contributed by atoms with Gasteiger partial charge in [-0.2, -0.15) is 4.98 Å². The fourth-order valence-corrected chi connectivity index (χ4v) is 1.28. The smallest absolute Gasteiger partial charge is 0.271 e. The Bertz CT molecular complexity index is 496. The van der Waals surface area contributed by atoms with Gasteiger partial charge in [0.15, 0.2) is 12.0 Å². The summed E-state index contributed by atoms with van der Waals surface area (Å²) in [4.78, 5) is 15.1. The molecule has 2 N–H and O–H groups in total. The average molecular weight is 248 g/mol. The minimum Gasteiger partial charge on any atom is -0.368 e. The highest BCUT2D eigenvalue weighted by atomic mass is 16.5. The van der Waals surface area contributed by atoms with Crippen molar-refractivity contribution in [1.82, 2.24) is 25.7 Å². The molecule has 0 saturated heterocycles. The number of nitrogens with one attached hydrogen (secondary N) is 2. The monoisotopic (exact) mass is 248 g/mol. The van der Waals surface area contributed by atoms with Crippen molar-refractivity contribution in [1.29, 1.82) is 0 Å². The SMILES string of the molecule is CNC(=O)c1ccc(NCCc2ncno2)nn1. The second-order valence-corrected chi connectivity index (χ2v) is 3.39. The largest absolute Gasteiger partial charge is 0.368 e. The van der Waals surface area contributed by atoms with E-state index in [0.29, 0.717) is 24.7 Å². The van der Waals surface area contributed by atoms with Gasteiger partial charge in [-0.15, -0.1) is 10.2 Å². The van der Waals surface area contributed by atoms with Crippen molar-refractivity contribution in [2.24, 2.45) is 0 Å².